The Morgan fingerprint density at radius 1 is 0.950 bits per heavy atom. The van der Waals surface area contributed by atoms with Gasteiger partial charge in [0.2, 0.25) is 0 Å². The molecule has 0 N–H and O–H groups in total. The molecule has 2 rings (SSSR count). The van der Waals surface area contributed by atoms with Gasteiger partial charge in [0.05, 0.1) is 0 Å². The quantitative estimate of drug-likeness (QED) is 0.804. The molecule has 2 aromatic carbocycles. The standard InChI is InChI=1S/C15H15ClO3S/c1-10-4-6-14(7-5-10)20(17,18)19-13-8-11(2)15(16)12(3)9-13/h4-9H,1-3H3. The summed E-state index contributed by atoms with van der Waals surface area (Å²) in [4.78, 5) is 0.133. The van der Waals surface area contributed by atoms with Crippen molar-refractivity contribution in [2.75, 3.05) is 0 Å². The Labute approximate surface area is 124 Å². The van der Waals surface area contributed by atoms with Crippen molar-refractivity contribution in [2.24, 2.45) is 0 Å². The number of benzene rings is 2. The molecule has 0 aliphatic heterocycles. The van der Waals surface area contributed by atoms with E-state index >= 15 is 0 Å². The Balaban J connectivity index is 2.36. The summed E-state index contributed by atoms with van der Waals surface area (Å²) in [6, 6.07) is 9.74. The molecule has 0 saturated heterocycles. The fourth-order valence-electron chi connectivity index (χ4n) is 1.83. The van der Waals surface area contributed by atoms with E-state index in [9.17, 15) is 8.42 Å². The van der Waals surface area contributed by atoms with Crippen molar-refractivity contribution >= 4 is 21.7 Å². The average Bonchev–Trinajstić information content (AvgIpc) is 2.36. The summed E-state index contributed by atoms with van der Waals surface area (Å²) in [6.07, 6.45) is 0. The van der Waals surface area contributed by atoms with Crippen molar-refractivity contribution in [3.05, 3.63) is 58.1 Å². The molecule has 0 spiro atoms. The van der Waals surface area contributed by atoms with Gasteiger partial charge in [0, 0.05) is 5.02 Å². The zero-order valence-corrected chi connectivity index (χ0v) is 13.0. The van der Waals surface area contributed by atoms with Crippen LogP contribution in [0.3, 0.4) is 0 Å². The molecule has 0 aliphatic rings. The molecule has 3 nitrogen and oxygen atoms in total. The highest BCUT2D eigenvalue weighted by molar-refractivity contribution is 7.87. The monoisotopic (exact) mass is 310 g/mol. The Morgan fingerprint density at radius 2 is 1.45 bits per heavy atom. The van der Waals surface area contributed by atoms with Crippen LogP contribution >= 0.6 is 11.6 Å². The molecule has 0 atom stereocenters. The lowest BCUT2D eigenvalue weighted by molar-refractivity contribution is 0.485. The van der Waals surface area contributed by atoms with Gasteiger partial charge in [0.15, 0.2) is 0 Å². The van der Waals surface area contributed by atoms with Crippen molar-refractivity contribution in [1.29, 1.82) is 0 Å². The van der Waals surface area contributed by atoms with Gasteiger partial charge in [-0.1, -0.05) is 29.3 Å². The van der Waals surface area contributed by atoms with Gasteiger partial charge in [0.25, 0.3) is 0 Å². The lowest BCUT2D eigenvalue weighted by Gasteiger charge is -2.10. The van der Waals surface area contributed by atoms with Gasteiger partial charge < -0.3 is 4.18 Å². The van der Waals surface area contributed by atoms with Crippen LogP contribution in [-0.2, 0) is 10.1 Å². The zero-order valence-electron chi connectivity index (χ0n) is 11.5. The van der Waals surface area contributed by atoms with Crippen LogP contribution in [0, 0.1) is 20.8 Å². The lowest BCUT2D eigenvalue weighted by Crippen LogP contribution is -2.10. The van der Waals surface area contributed by atoms with Gasteiger partial charge in [-0.25, -0.2) is 0 Å². The van der Waals surface area contributed by atoms with Gasteiger partial charge in [0.1, 0.15) is 10.6 Å². The average molecular weight is 311 g/mol. The maximum atomic E-state index is 12.2. The van der Waals surface area contributed by atoms with Crippen molar-refractivity contribution in [1.82, 2.24) is 0 Å². The fourth-order valence-corrected chi connectivity index (χ4v) is 2.86. The predicted molar refractivity (Wildman–Crippen MR) is 79.9 cm³/mol. The molecule has 5 heteroatoms. The van der Waals surface area contributed by atoms with E-state index in [2.05, 4.69) is 0 Å². The van der Waals surface area contributed by atoms with E-state index in [0.29, 0.717) is 5.02 Å². The van der Waals surface area contributed by atoms with Crippen LogP contribution in [0.2, 0.25) is 5.02 Å². The highest BCUT2D eigenvalue weighted by atomic mass is 35.5. The van der Waals surface area contributed by atoms with Crippen molar-refractivity contribution in [3.8, 4) is 5.75 Å². The molecule has 0 fully saturated rings. The first kappa shape index (κ1) is 14.9. The van der Waals surface area contributed by atoms with E-state index in [-0.39, 0.29) is 10.6 Å². The third kappa shape index (κ3) is 3.14. The van der Waals surface area contributed by atoms with Crippen LogP contribution in [0.15, 0.2) is 41.3 Å². The molecule has 0 unspecified atom stereocenters. The summed E-state index contributed by atoms with van der Waals surface area (Å²) in [6.45, 7) is 5.50. The number of hydrogen-bond donors (Lipinski definition) is 0. The lowest BCUT2D eigenvalue weighted by atomic mass is 10.1. The second-order valence-corrected chi connectivity index (χ2v) is 6.65. The summed E-state index contributed by atoms with van der Waals surface area (Å²) in [7, 11) is -3.82. The van der Waals surface area contributed by atoms with Gasteiger partial charge in [-0.2, -0.15) is 8.42 Å². The minimum absolute atomic E-state index is 0.133. The second-order valence-electron chi connectivity index (χ2n) is 4.72. The second kappa shape index (κ2) is 5.46. The number of hydrogen-bond acceptors (Lipinski definition) is 3. The normalized spacial score (nSPS) is 11.4. The Morgan fingerprint density at radius 3 is 1.95 bits per heavy atom. The number of halogens is 1. The molecular weight excluding hydrogens is 296 g/mol. The van der Waals surface area contributed by atoms with Crippen LogP contribution in [0.25, 0.3) is 0 Å². The minimum atomic E-state index is -3.82. The van der Waals surface area contributed by atoms with Crippen LogP contribution in [0.1, 0.15) is 16.7 Å². The van der Waals surface area contributed by atoms with E-state index in [1.165, 1.54) is 12.1 Å². The Hall–Kier alpha value is -1.52. The maximum absolute atomic E-state index is 12.2. The highest BCUT2D eigenvalue weighted by Crippen LogP contribution is 2.27. The van der Waals surface area contributed by atoms with Gasteiger partial charge in [-0.05, 0) is 56.2 Å². The first-order chi connectivity index (χ1) is 9.29. The molecule has 0 radical (unpaired) electrons. The molecular formula is C15H15ClO3S. The fraction of sp³-hybridized carbons (Fsp3) is 0.200. The molecule has 0 heterocycles. The molecule has 0 saturated carbocycles. The molecule has 0 bridgehead atoms. The minimum Gasteiger partial charge on any atom is -0.379 e. The van der Waals surface area contributed by atoms with Crippen LogP contribution in [0.4, 0.5) is 0 Å². The Kier molecular flexibility index (Phi) is 4.06. The van der Waals surface area contributed by atoms with Crippen LogP contribution in [-0.4, -0.2) is 8.42 Å². The number of aryl methyl sites for hydroxylation is 3. The SMILES string of the molecule is Cc1ccc(S(=O)(=O)Oc2cc(C)c(Cl)c(C)c2)cc1. The van der Waals surface area contributed by atoms with Gasteiger partial charge >= 0.3 is 10.1 Å². The summed E-state index contributed by atoms with van der Waals surface area (Å²) < 4.78 is 29.5. The molecule has 2 aromatic rings. The third-order valence-electron chi connectivity index (χ3n) is 2.93. The zero-order chi connectivity index (χ0) is 14.9. The van der Waals surface area contributed by atoms with E-state index in [1.54, 1.807) is 38.1 Å². The molecule has 0 aliphatic carbocycles. The molecule has 20 heavy (non-hydrogen) atoms. The summed E-state index contributed by atoms with van der Waals surface area (Å²) in [5.41, 5.74) is 2.55. The van der Waals surface area contributed by atoms with Crippen LogP contribution in [0.5, 0.6) is 5.75 Å². The summed E-state index contributed by atoms with van der Waals surface area (Å²) in [5.74, 6) is 0.268. The van der Waals surface area contributed by atoms with Crippen molar-refractivity contribution in [3.63, 3.8) is 0 Å². The van der Waals surface area contributed by atoms with Gasteiger partial charge in [-0.15, -0.1) is 0 Å². The van der Waals surface area contributed by atoms with E-state index in [4.69, 9.17) is 15.8 Å². The largest absolute Gasteiger partial charge is 0.379 e. The first-order valence-electron chi connectivity index (χ1n) is 6.07. The van der Waals surface area contributed by atoms with Gasteiger partial charge in [-0.3, -0.25) is 0 Å². The Bertz CT molecular complexity index is 711. The third-order valence-corrected chi connectivity index (χ3v) is 4.78. The smallest absolute Gasteiger partial charge is 0.339 e. The molecule has 106 valence electrons. The molecule has 0 aromatic heterocycles. The number of rotatable bonds is 3. The first-order valence-corrected chi connectivity index (χ1v) is 7.86. The maximum Gasteiger partial charge on any atom is 0.339 e. The van der Waals surface area contributed by atoms with E-state index in [0.717, 1.165) is 16.7 Å². The summed E-state index contributed by atoms with van der Waals surface area (Å²) in [5, 5.41) is 0.616. The molecule has 0 amide bonds. The van der Waals surface area contributed by atoms with E-state index < -0.39 is 10.1 Å². The van der Waals surface area contributed by atoms with Crippen LogP contribution < -0.4 is 4.18 Å². The predicted octanol–water partition coefficient (Wildman–Crippen LogP) is 4.03. The van der Waals surface area contributed by atoms with Crippen molar-refractivity contribution < 1.29 is 12.6 Å². The van der Waals surface area contributed by atoms with E-state index in [1.807, 2.05) is 6.92 Å². The topological polar surface area (TPSA) is 43.4 Å². The highest BCUT2D eigenvalue weighted by Gasteiger charge is 2.17. The summed E-state index contributed by atoms with van der Waals surface area (Å²) >= 11 is 6.05. The van der Waals surface area contributed by atoms with Crippen molar-refractivity contribution in [2.45, 2.75) is 25.7 Å².